The minimum absolute atomic E-state index is 0.0161. The van der Waals surface area contributed by atoms with Crippen LogP contribution in [0.4, 0.5) is 14.6 Å². The largest absolute Gasteiger partial charge is 0.468 e. The van der Waals surface area contributed by atoms with Crippen LogP contribution in [0.15, 0.2) is 30.5 Å². The molecule has 2 aromatic carbocycles. The van der Waals surface area contributed by atoms with Crippen molar-refractivity contribution < 1.29 is 18.3 Å². The van der Waals surface area contributed by atoms with Crippen molar-refractivity contribution in [2.75, 3.05) is 37.6 Å². The highest BCUT2D eigenvalue weighted by molar-refractivity contribution is 8.02. The quantitative estimate of drug-likeness (QED) is 0.191. The van der Waals surface area contributed by atoms with E-state index in [4.69, 9.17) is 21.1 Å². The summed E-state index contributed by atoms with van der Waals surface area (Å²) >= 11 is 8.35. The van der Waals surface area contributed by atoms with E-state index in [1.54, 1.807) is 24.4 Å². The molecule has 6 nitrogen and oxygen atoms in total. The molecule has 2 aliphatic heterocycles. The SMILES string of the molecule is CCc1c(F)ccc2cc(OCOC)cc(-c3ncc4c(N5CCCC6(CCS6)C5)nc(Cl)nc4c3F)c12. The highest BCUT2D eigenvalue weighted by Crippen LogP contribution is 2.48. The second kappa shape index (κ2) is 10.1. The van der Waals surface area contributed by atoms with E-state index in [0.717, 1.165) is 19.5 Å². The average Bonchev–Trinajstić information content (AvgIpc) is 2.91. The van der Waals surface area contributed by atoms with Crippen LogP contribution in [0.3, 0.4) is 0 Å². The monoisotopic (exact) mass is 556 g/mol. The molecule has 0 radical (unpaired) electrons. The molecule has 1 unspecified atom stereocenters. The summed E-state index contributed by atoms with van der Waals surface area (Å²) in [6.07, 6.45) is 5.42. The molecule has 10 heteroatoms. The summed E-state index contributed by atoms with van der Waals surface area (Å²) in [6, 6.07) is 6.54. The first kappa shape index (κ1) is 25.5. The molecule has 6 rings (SSSR count). The number of anilines is 1. The second-order valence-electron chi connectivity index (χ2n) is 9.81. The van der Waals surface area contributed by atoms with Gasteiger partial charge in [-0.3, -0.25) is 4.98 Å². The molecule has 0 bridgehead atoms. The Morgan fingerprint density at radius 2 is 2.03 bits per heavy atom. The van der Waals surface area contributed by atoms with Crippen LogP contribution < -0.4 is 9.64 Å². The minimum atomic E-state index is -0.630. The van der Waals surface area contributed by atoms with E-state index in [1.165, 1.54) is 31.8 Å². The number of fused-ring (bicyclic) bond motifs is 2. The summed E-state index contributed by atoms with van der Waals surface area (Å²) in [6.45, 7) is 3.54. The number of rotatable bonds is 6. The lowest BCUT2D eigenvalue weighted by Gasteiger charge is -2.48. The molecule has 2 aliphatic rings. The summed E-state index contributed by atoms with van der Waals surface area (Å²) in [4.78, 5) is 15.5. The summed E-state index contributed by atoms with van der Waals surface area (Å²) < 4.78 is 42.2. The van der Waals surface area contributed by atoms with Crippen LogP contribution in [0.2, 0.25) is 5.28 Å². The molecule has 0 saturated carbocycles. The number of nitrogens with zero attached hydrogens (tertiary/aromatic N) is 4. The van der Waals surface area contributed by atoms with Crippen molar-refractivity contribution in [1.29, 1.82) is 0 Å². The number of benzene rings is 2. The van der Waals surface area contributed by atoms with E-state index in [9.17, 15) is 4.39 Å². The second-order valence-corrected chi connectivity index (χ2v) is 11.7. The maximum absolute atomic E-state index is 16.4. The number of aromatic nitrogens is 3. The van der Waals surface area contributed by atoms with E-state index in [-0.39, 0.29) is 33.9 Å². The molecule has 2 saturated heterocycles. The van der Waals surface area contributed by atoms with Gasteiger partial charge < -0.3 is 14.4 Å². The summed E-state index contributed by atoms with van der Waals surface area (Å²) in [5.41, 5.74) is 1.05. The van der Waals surface area contributed by atoms with Crippen molar-refractivity contribution in [2.45, 2.75) is 37.4 Å². The van der Waals surface area contributed by atoms with E-state index >= 15 is 4.39 Å². The third-order valence-corrected chi connectivity index (χ3v) is 9.26. The first-order chi connectivity index (χ1) is 18.4. The van der Waals surface area contributed by atoms with Crippen LogP contribution in [-0.2, 0) is 11.2 Å². The van der Waals surface area contributed by atoms with Gasteiger partial charge in [-0.25, -0.2) is 13.8 Å². The van der Waals surface area contributed by atoms with Gasteiger partial charge >= 0.3 is 0 Å². The Balaban J connectivity index is 1.54. The van der Waals surface area contributed by atoms with Crippen molar-refractivity contribution in [3.05, 3.63) is 52.9 Å². The van der Waals surface area contributed by atoms with Crippen molar-refractivity contribution in [3.63, 3.8) is 0 Å². The molecule has 0 N–H and O–H groups in total. The Hall–Kier alpha value is -2.75. The predicted molar refractivity (Wildman–Crippen MR) is 148 cm³/mol. The number of hydrogen-bond acceptors (Lipinski definition) is 7. The molecule has 2 fully saturated rings. The molecule has 4 heterocycles. The van der Waals surface area contributed by atoms with Crippen LogP contribution in [0.5, 0.6) is 5.75 Å². The number of pyridine rings is 1. The molecule has 1 atom stereocenters. The molecule has 2 aromatic heterocycles. The van der Waals surface area contributed by atoms with Gasteiger partial charge in [-0.05, 0) is 77.6 Å². The van der Waals surface area contributed by atoms with Gasteiger partial charge in [-0.1, -0.05) is 13.0 Å². The van der Waals surface area contributed by atoms with Gasteiger partial charge in [0.25, 0.3) is 0 Å². The molecular weight excluding hydrogens is 530 g/mol. The van der Waals surface area contributed by atoms with Crippen LogP contribution in [0.1, 0.15) is 31.7 Å². The Morgan fingerprint density at radius 3 is 2.76 bits per heavy atom. The van der Waals surface area contributed by atoms with E-state index in [1.807, 2.05) is 18.7 Å². The first-order valence-corrected chi connectivity index (χ1v) is 14.1. The zero-order valence-electron chi connectivity index (χ0n) is 21.2. The normalized spacial score (nSPS) is 19.3. The van der Waals surface area contributed by atoms with Crippen LogP contribution in [-0.4, -0.2) is 52.4 Å². The lowest BCUT2D eigenvalue weighted by molar-refractivity contribution is 0.0512. The van der Waals surface area contributed by atoms with Gasteiger partial charge in [-0.2, -0.15) is 16.7 Å². The van der Waals surface area contributed by atoms with Gasteiger partial charge in [-0.15, -0.1) is 0 Å². The Kier molecular flexibility index (Phi) is 6.78. The van der Waals surface area contributed by atoms with Gasteiger partial charge in [0.05, 0.1) is 5.39 Å². The third-order valence-electron chi connectivity index (χ3n) is 7.54. The lowest BCUT2D eigenvalue weighted by Crippen LogP contribution is -2.51. The molecule has 1 spiro atoms. The topological polar surface area (TPSA) is 60.4 Å². The van der Waals surface area contributed by atoms with E-state index < -0.39 is 5.82 Å². The zero-order valence-corrected chi connectivity index (χ0v) is 22.8. The van der Waals surface area contributed by atoms with Crippen molar-refractivity contribution >= 4 is 50.9 Å². The van der Waals surface area contributed by atoms with Crippen molar-refractivity contribution in [1.82, 2.24) is 15.0 Å². The summed E-state index contributed by atoms with van der Waals surface area (Å²) in [5, 5.41) is 1.79. The Bertz CT molecular complexity index is 1550. The van der Waals surface area contributed by atoms with E-state index in [2.05, 4.69) is 19.9 Å². The average molecular weight is 557 g/mol. The van der Waals surface area contributed by atoms with Gasteiger partial charge in [0.2, 0.25) is 5.28 Å². The van der Waals surface area contributed by atoms with Gasteiger partial charge in [0.1, 0.15) is 28.6 Å². The molecule has 0 aliphatic carbocycles. The summed E-state index contributed by atoms with van der Waals surface area (Å²) in [5.74, 6) is 1.25. The number of hydrogen-bond donors (Lipinski definition) is 0. The predicted octanol–water partition coefficient (Wildman–Crippen LogP) is 6.80. The molecule has 4 aromatic rings. The lowest BCUT2D eigenvalue weighted by atomic mass is 9.93. The summed E-state index contributed by atoms with van der Waals surface area (Å²) in [7, 11) is 1.52. The highest BCUT2D eigenvalue weighted by atomic mass is 35.5. The van der Waals surface area contributed by atoms with Crippen molar-refractivity contribution in [3.8, 4) is 17.0 Å². The standard InChI is InChI=1S/C28H27ClF2N4O2S/c1-3-18-21(30)6-5-16-11-17(37-15-36-2)12-19(22(16)18)24-23(31)25-20(13-32-24)26(34-27(29)33-25)35-9-4-7-28(14-35)8-10-38-28/h5-6,11-13H,3-4,7-10,14-15H2,1-2H3. The van der Waals surface area contributed by atoms with Crippen LogP contribution >= 0.6 is 23.4 Å². The molecular formula is C28H27ClF2N4O2S. The van der Waals surface area contributed by atoms with Gasteiger partial charge in [0.15, 0.2) is 12.6 Å². The van der Waals surface area contributed by atoms with Crippen LogP contribution in [0, 0.1) is 11.6 Å². The number of thioether (sulfide) groups is 1. The number of halogens is 3. The maximum atomic E-state index is 16.4. The molecule has 0 amide bonds. The maximum Gasteiger partial charge on any atom is 0.225 e. The fraction of sp³-hybridized carbons (Fsp3) is 0.393. The van der Waals surface area contributed by atoms with Crippen LogP contribution in [0.25, 0.3) is 32.9 Å². The van der Waals surface area contributed by atoms with E-state index in [0.29, 0.717) is 45.3 Å². The zero-order chi connectivity index (χ0) is 26.4. The van der Waals surface area contributed by atoms with Crippen molar-refractivity contribution in [2.24, 2.45) is 0 Å². The number of methoxy groups -OCH3 is 1. The fourth-order valence-corrected chi connectivity index (χ4v) is 7.15. The number of ether oxygens (including phenoxy) is 2. The third kappa shape index (κ3) is 4.34. The number of aryl methyl sites for hydroxylation is 1. The van der Waals surface area contributed by atoms with Gasteiger partial charge in [0, 0.05) is 36.7 Å². The smallest absolute Gasteiger partial charge is 0.225 e. The fourth-order valence-electron chi connectivity index (χ4n) is 5.67. The molecule has 198 valence electrons. The Labute approximate surface area is 228 Å². The minimum Gasteiger partial charge on any atom is -0.468 e. The highest BCUT2D eigenvalue weighted by Gasteiger charge is 2.42. The molecule has 38 heavy (non-hydrogen) atoms. The first-order valence-electron chi connectivity index (χ1n) is 12.7. The number of piperidine rings is 1. The Morgan fingerprint density at radius 1 is 1.18 bits per heavy atom.